The lowest BCUT2D eigenvalue weighted by Gasteiger charge is -2.31. The van der Waals surface area contributed by atoms with Crippen LogP contribution < -0.4 is 5.73 Å². The summed E-state index contributed by atoms with van der Waals surface area (Å²) >= 11 is 0. The van der Waals surface area contributed by atoms with E-state index in [0.717, 1.165) is 30.2 Å². The third-order valence-electron chi connectivity index (χ3n) is 7.56. The molecule has 2 aromatic rings. The van der Waals surface area contributed by atoms with Gasteiger partial charge in [0, 0.05) is 25.2 Å². The molecule has 276 valence electrons. The Labute approximate surface area is 283 Å². The summed E-state index contributed by atoms with van der Waals surface area (Å²) in [5, 5.41) is 27.0. The topological polar surface area (TPSA) is 175 Å². The van der Waals surface area contributed by atoms with Gasteiger partial charge in [0.15, 0.2) is 9.84 Å². The monoisotopic (exact) mass is 724 g/mol. The normalized spacial score (nSPS) is 13.6. The minimum atomic E-state index is -5.08. The summed E-state index contributed by atoms with van der Waals surface area (Å²) in [4.78, 5) is 35.8. The van der Waals surface area contributed by atoms with E-state index < -0.39 is 81.0 Å². The first-order valence-electron chi connectivity index (χ1n) is 15.7. The Hall–Kier alpha value is -3.63. The van der Waals surface area contributed by atoms with Crippen molar-refractivity contribution in [2.24, 2.45) is 11.7 Å². The fraction of sp³-hybridized carbons (Fsp3) is 0.545. The molecule has 49 heavy (non-hydrogen) atoms. The van der Waals surface area contributed by atoms with E-state index >= 15 is 0 Å². The molecule has 1 unspecified atom stereocenters. The standard InChI is InChI=1S/C31H44F2N2O6S.C2HF3O2/c1-4-8-27(9-5-2)42(40,41)20-24(16-30(37)38)31(39)35(18-22-11-7-10-21(6-3)12-22)19-29(36)28(34)15-23-13-25(32)17-26(33)14-23;3-2(4,5)1(6)7/h7,10-14,17,24,27-29,36H,4-6,8-9,15-16,18-20,34H2,1-3H3,(H,37,38);(H,6,7)/t24?,28-,29+;/m0./s1. The van der Waals surface area contributed by atoms with Crippen LogP contribution in [-0.2, 0) is 43.6 Å². The van der Waals surface area contributed by atoms with Crippen molar-refractivity contribution < 1.29 is 60.1 Å². The Morgan fingerprint density at radius 3 is 1.90 bits per heavy atom. The number of hydrogen-bond donors (Lipinski definition) is 4. The molecule has 0 aliphatic carbocycles. The molecule has 0 aliphatic rings. The molecule has 2 aromatic carbocycles. The van der Waals surface area contributed by atoms with E-state index in [1.54, 1.807) is 6.07 Å². The summed E-state index contributed by atoms with van der Waals surface area (Å²) in [6, 6.07) is 9.29. The van der Waals surface area contributed by atoms with Gasteiger partial charge in [-0.3, -0.25) is 9.59 Å². The number of carbonyl (C=O) groups is 3. The third kappa shape index (κ3) is 15.6. The number of rotatable bonds is 18. The second-order valence-corrected chi connectivity index (χ2v) is 14.1. The van der Waals surface area contributed by atoms with Gasteiger partial charge in [-0.1, -0.05) is 57.9 Å². The maximum absolute atomic E-state index is 13.9. The van der Waals surface area contributed by atoms with E-state index in [-0.39, 0.29) is 25.1 Å². The quantitative estimate of drug-likeness (QED) is 0.156. The number of benzene rings is 2. The summed E-state index contributed by atoms with van der Waals surface area (Å²) in [5.41, 5.74) is 8.11. The van der Waals surface area contributed by atoms with Crippen LogP contribution in [0.3, 0.4) is 0 Å². The first-order valence-corrected chi connectivity index (χ1v) is 17.4. The number of nitrogens with zero attached hydrogens (tertiary/aromatic N) is 1. The van der Waals surface area contributed by atoms with Gasteiger partial charge in [0.05, 0.1) is 29.4 Å². The molecule has 0 bridgehead atoms. The second-order valence-electron chi connectivity index (χ2n) is 11.7. The number of nitrogens with two attached hydrogens (primary N) is 1. The lowest BCUT2D eigenvalue weighted by molar-refractivity contribution is -0.192. The SMILES string of the molecule is CCCC(CCC)S(=O)(=O)CC(CC(=O)O)C(=O)N(Cc1cccc(CC)c1)C[C@@H](O)[C@@H](N)Cc1cc(F)cc(F)c1.O=C(O)C(F)(F)F. The van der Waals surface area contributed by atoms with E-state index in [0.29, 0.717) is 31.2 Å². The largest absolute Gasteiger partial charge is 0.490 e. The van der Waals surface area contributed by atoms with Gasteiger partial charge in [0.25, 0.3) is 0 Å². The summed E-state index contributed by atoms with van der Waals surface area (Å²) in [7, 11) is -3.82. The first kappa shape index (κ1) is 43.4. The van der Waals surface area contributed by atoms with Crippen molar-refractivity contribution in [1.82, 2.24) is 4.90 Å². The highest BCUT2D eigenvalue weighted by Gasteiger charge is 2.38. The van der Waals surface area contributed by atoms with Gasteiger partial charge in [-0.25, -0.2) is 22.0 Å². The van der Waals surface area contributed by atoms with Gasteiger partial charge in [-0.15, -0.1) is 0 Å². The van der Waals surface area contributed by atoms with Crippen molar-refractivity contribution in [1.29, 1.82) is 0 Å². The Balaban J connectivity index is 0.00000154. The molecule has 0 saturated heterocycles. The minimum absolute atomic E-state index is 0.0193. The van der Waals surface area contributed by atoms with Gasteiger partial charge in [-0.2, -0.15) is 13.2 Å². The maximum atomic E-state index is 13.9. The molecule has 0 aromatic heterocycles. The minimum Gasteiger partial charge on any atom is -0.481 e. The molecule has 3 atom stereocenters. The number of aliphatic hydroxyl groups excluding tert-OH is 1. The molecule has 0 spiro atoms. The second kappa shape index (κ2) is 20.1. The molecular formula is C33H45F5N2O8S. The molecule has 1 amide bonds. The molecule has 0 fully saturated rings. The average Bonchev–Trinajstić information content (AvgIpc) is 2.99. The number of carboxylic acids is 2. The summed E-state index contributed by atoms with van der Waals surface area (Å²) in [5.74, 6) is -8.38. The zero-order valence-corrected chi connectivity index (χ0v) is 28.4. The smallest absolute Gasteiger partial charge is 0.481 e. The highest BCUT2D eigenvalue weighted by molar-refractivity contribution is 7.92. The number of aliphatic carboxylic acids is 2. The van der Waals surface area contributed by atoms with Crippen molar-refractivity contribution >= 4 is 27.7 Å². The summed E-state index contributed by atoms with van der Waals surface area (Å²) < 4.78 is 85.8. The van der Waals surface area contributed by atoms with Gasteiger partial charge in [0.2, 0.25) is 5.91 Å². The van der Waals surface area contributed by atoms with Gasteiger partial charge in [-0.05, 0) is 54.5 Å². The van der Waals surface area contributed by atoms with Gasteiger partial charge in [0.1, 0.15) is 11.6 Å². The molecule has 10 nitrogen and oxygen atoms in total. The molecule has 0 saturated carbocycles. The fourth-order valence-electron chi connectivity index (χ4n) is 5.15. The van der Waals surface area contributed by atoms with Crippen LogP contribution in [0, 0.1) is 17.6 Å². The van der Waals surface area contributed by atoms with Gasteiger partial charge < -0.3 is 26.0 Å². The van der Waals surface area contributed by atoms with Crippen LogP contribution in [0.5, 0.6) is 0 Å². The molecule has 2 rings (SSSR count). The van der Waals surface area contributed by atoms with E-state index in [1.165, 1.54) is 4.90 Å². The molecule has 0 heterocycles. The van der Waals surface area contributed by atoms with Crippen LogP contribution in [0.15, 0.2) is 42.5 Å². The van der Waals surface area contributed by atoms with Crippen LogP contribution >= 0.6 is 0 Å². The van der Waals surface area contributed by atoms with Crippen molar-refractivity contribution in [3.8, 4) is 0 Å². The van der Waals surface area contributed by atoms with Crippen LogP contribution in [-0.4, -0.2) is 82.4 Å². The predicted molar refractivity (Wildman–Crippen MR) is 172 cm³/mol. The number of alkyl halides is 3. The number of carboxylic acid groups (broad SMARTS) is 2. The fourth-order valence-corrected chi connectivity index (χ4v) is 7.43. The van der Waals surface area contributed by atoms with Crippen LogP contribution in [0.25, 0.3) is 0 Å². The Morgan fingerprint density at radius 1 is 0.898 bits per heavy atom. The highest BCUT2D eigenvalue weighted by Crippen LogP contribution is 2.23. The maximum Gasteiger partial charge on any atom is 0.490 e. The number of sulfone groups is 1. The zero-order valence-electron chi connectivity index (χ0n) is 27.6. The molecule has 16 heteroatoms. The van der Waals surface area contributed by atoms with Crippen molar-refractivity contribution in [2.75, 3.05) is 12.3 Å². The van der Waals surface area contributed by atoms with Crippen LogP contribution in [0.1, 0.15) is 69.6 Å². The number of aliphatic hydroxyl groups is 1. The van der Waals surface area contributed by atoms with Crippen molar-refractivity contribution in [3.05, 3.63) is 70.8 Å². The van der Waals surface area contributed by atoms with Crippen LogP contribution in [0.4, 0.5) is 22.0 Å². The Morgan fingerprint density at radius 2 is 1.43 bits per heavy atom. The number of halogens is 5. The number of aryl methyl sites for hydroxylation is 1. The lowest BCUT2D eigenvalue weighted by Crippen LogP contribution is -2.49. The predicted octanol–water partition coefficient (Wildman–Crippen LogP) is 4.89. The lowest BCUT2D eigenvalue weighted by atomic mass is 9.99. The van der Waals surface area contributed by atoms with E-state index in [2.05, 4.69) is 0 Å². The molecule has 0 radical (unpaired) electrons. The van der Waals surface area contributed by atoms with Crippen molar-refractivity contribution in [3.63, 3.8) is 0 Å². The Kier molecular flexibility index (Phi) is 17.8. The van der Waals surface area contributed by atoms with E-state index in [4.69, 9.17) is 15.6 Å². The average molecular weight is 725 g/mol. The van der Waals surface area contributed by atoms with E-state index in [1.807, 2.05) is 39.0 Å². The first-order chi connectivity index (χ1) is 22.7. The van der Waals surface area contributed by atoms with Gasteiger partial charge >= 0.3 is 18.1 Å². The molecule has 0 aliphatic heterocycles. The summed E-state index contributed by atoms with van der Waals surface area (Å²) in [6.45, 7) is 5.35. The number of amides is 1. The zero-order chi connectivity index (χ0) is 37.5. The highest BCUT2D eigenvalue weighted by atomic mass is 32.2. The van der Waals surface area contributed by atoms with E-state index in [9.17, 15) is 50.2 Å². The molecular weight excluding hydrogens is 679 g/mol. The van der Waals surface area contributed by atoms with Crippen molar-refractivity contribution in [2.45, 2.75) is 95.8 Å². The molecule has 5 N–H and O–H groups in total. The Bertz CT molecular complexity index is 1460. The number of carbonyl (C=O) groups excluding carboxylic acids is 1. The summed E-state index contributed by atoms with van der Waals surface area (Å²) in [6.07, 6.45) is -4.43. The third-order valence-corrected chi connectivity index (χ3v) is 9.91. The number of hydrogen-bond acceptors (Lipinski definition) is 7. The van der Waals surface area contributed by atoms with Crippen LogP contribution in [0.2, 0.25) is 0 Å².